The van der Waals surface area contributed by atoms with Crippen LogP contribution >= 0.6 is 23.1 Å². The highest BCUT2D eigenvalue weighted by Crippen LogP contribution is 2.33. The fourth-order valence-corrected chi connectivity index (χ4v) is 5.33. The van der Waals surface area contributed by atoms with Crippen LogP contribution < -0.4 is 15.0 Å². The number of fused-ring (bicyclic) bond motifs is 1. The molecular weight excluding hydrogens is 472 g/mol. The van der Waals surface area contributed by atoms with Gasteiger partial charge in [0.05, 0.1) is 25.5 Å². The highest BCUT2D eigenvalue weighted by molar-refractivity contribution is 7.98. The van der Waals surface area contributed by atoms with Gasteiger partial charge in [0, 0.05) is 17.5 Å². The van der Waals surface area contributed by atoms with Crippen LogP contribution in [-0.4, -0.2) is 33.9 Å². The second-order valence-corrected chi connectivity index (χ2v) is 9.31. The van der Waals surface area contributed by atoms with Crippen molar-refractivity contribution in [1.29, 1.82) is 0 Å². The Morgan fingerprint density at radius 2 is 1.79 bits per heavy atom. The molecule has 34 heavy (non-hydrogen) atoms. The first kappa shape index (κ1) is 22.2. The van der Waals surface area contributed by atoms with E-state index in [0.717, 1.165) is 16.0 Å². The summed E-state index contributed by atoms with van der Waals surface area (Å²) < 4.78 is 18.2. The van der Waals surface area contributed by atoms with Gasteiger partial charge in [0.2, 0.25) is 11.7 Å². The molecule has 0 saturated heterocycles. The summed E-state index contributed by atoms with van der Waals surface area (Å²) in [7, 11) is 4.88. The molecule has 8 nitrogen and oxygen atoms in total. The standard InChI is InChI=1S/C24H20N4O4S2/c1-28-23(29)21-16(12-19(34-21)14-7-5-4-6-8-14)25-24(28)33-13-20-26-22(27-32-20)15-9-10-17(30-2)18(11-15)31-3/h4-12H,13H2,1-3H3. The molecular formula is C24H20N4O4S2. The number of rotatable bonds is 7. The summed E-state index contributed by atoms with van der Waals surface area (Å²) in [6, 6.07) is 17.4. The smallest absolute Gasteiger partial charge is 0.271 e. The maximum atomic E-state index is 13.0. The van der Waals surface area contributed by atoms with Gasteiger partial charge in [-0.05, 0) is 29.8 Å². The van der Waals surface area contributed by atoms with E-state index in [1.54, 1.807) is 38.0 Å². The quantitative estimate of drug-likeness (QED) is 0.231. The van der Waals surface area contributed by atoms with Crippen LogP contribution in [0.3, 0.4) is 0 Å². The van der Waals surface area contributed by atoms with Crippen LogP contribution in [0.5, 0.6) is 11.5 Å². The summed E-state index contributed by atoms with van der Waals surface area (Å²) in [6.45, 7) is 0. The molecule has 5 rings (SSSR count). The van der Waals surface area contributed by atoms with Gasteiger partial charge in [0.1, 0.15) is 4.70 Å². The van der Waals surface area contributed by atoms with Gasteiger partial charge >= 0.3 is 0 Å². The molecule has 0 unspecified atom stereocenters. The zero-order chi connectivity index (χ0) is 23.7. The highest BCUT2D eigenvalue weighted by Gasteiger charge is 2.16. The van der Waals surface area contributed by atoms with E-state index in [0.29, 0.717) is 44.3 Å². The second kappa shape index (κ2) is 9.32. The number of hydrogen-bond acceptors (Lipinski definition) is 9. The largest absolute Gasteiger partial charge is 0.493 e. The van der Waals surface area contributed by atoms with Gasteiger partial charge < -0.3 is 14.0 Å². The Balaban J connectivity index is 1.38. The Morgan fingerprint density at radius 1 is 1.00 bits per heavy atom. The van der Waals surface area contributed by atoms with Crippen molar-refractivity contribution in [2.45, 2.75) is 10.9 Å². The molecule has 10 heteroatoms. The molecule has 0 aliphatic carbocycles. The normalized spacial score (nSPS) is 11.1. The van der Waals surface area contributed by atoms with Crippen molar-refractivity contribution >= 4 is 33.3 Å². The van der Waals surface area contributed by atoms with Crippen LogP contribution in [0.15, 0.2) is 69.1 Å². The lowest BCUT2D eigenvalue weighted by atomic mass is 10.2. The first-order valence-electron chi connectivity index (χ1n) is 10.3. The minimum Gasteiger partial charge on any atom is -0.493 e. The third-order valence-electron chi connectivity index (χ3n) is 5.21. The lowest BCUT2D eigenvalue weighted by Crippen LogP contribution is -2.18. The Hall–Kier alpha value is -3.63. The fourth-order valence-electron chi connectivity index (χ4n) is 3.44. The summed E-state index contributed by atoms with van der Waals surface area (Å²) in [5.41, 5.74) is 2.42. The van der Waals surface area contributed by atoms with E-state index in [1.165, 1.54) is 23.1 Å². The lowest BCUT2D eigenvalue weighted by molar-refractivity contribution is 0.355. The topological polar surface area (TPSA) is 92.3 Å². The number of aromatic nitrogens is 4. The molecule has 0 fully saturated rings. The average molecular weight is 493 g/mol. The van der Waals surface area contributed by atoms with Gasteiger partial charge in [0.15, 0.2) is 16.7 Å². The van der Waals surface area contributed by atoms with Crippen molar-refractivity contribution in [3.05, 3.63) is 70.8 Å². The van der Waals surface area contributed by atoms with Gasteiger partial charge in [-0.25, -0.2) is 4.98 Å². The molecule has 172 valence electrons. The third kappa shape index (κ3) is 4.17. The maximum absolute atomic E-state index is 13.0. The summed E-state index contributed by atoms with van der Waals surface area (Å²) in [4.78, 5) is 23.2. The van der Waals surface area contributed by atoms with Gasteiger partial charge in [0.25, 0.3) is 5.56 Å². The number of hydrogen-bond donors (Lipinski definition) is 0. The van der Waals surface area contributed by atoms with Crippen molar-refractivity contribution in [1.82, 2.24) is 19.7 Å². The Bertz CT molecular complexity index is 1530. The molecule has 0 aliphatic rings. The van der Waals surface area contributed by atoms with E-state index in [4.69, 9.17) is 19.0 Å². The molecule has 2 aromatic carbocycles. The number of thioether (sulfide) groups is 1. The van der Waals surface area contributed by atoms with E-state index in [2.05, 4.69) is 10.1 Å². The molecule has 0 spiro atoms. The van der Waals surface area contributed by atoms with E-state index in [1.807, 2.05) is 42.5 Å². The van der Waals surface area contributed by atoms with Gasteiger partial charge in [-0.1, -0.05) is 47.3 Å². The van der Waals surface area contributed by atoms with E-state index in [9.17, 15) is 4.79 Å². The molecule has 0 bridgehead atoms. The van der Waals surface area contributed by atoms with Crippen molar-refractivity contribution in [2.75, 3.05) is 14.2 Å². The van der Waals surface area contributed by atoms with Crippen LogP contribution in [0, 0.1) is 0 Å². The van der Waals surface area contributed by atoms with Crippen LogP contribution in [0.1, 0.15) is 5.89 Å². The predicted molar refractivity (Wildman–Crippen MR) is 133 cm³/mol. The highest BCUT2D eigenvalue weighted by atomic mass is 32.2. The van der Waals surface area contributed by atoms with Crippen LogP contribution in [0.2, 0.25) is 0 Å². The predicted octanol–water partition coefficient (Wildman–Crippen LogP) is 5.02. The van der Waals surface area contributed by atoms with Crippen LogP contribution in [0.25, 0.3) is 32.0 Å². The maximum Gasteiger partial charge on any atom is 0.271 e. The molecule has 0 saturated carbocycles. The first-order chi connectivity index (χ1) is 16.6. The van der Waals surface area contributed by atoms with Crippen LogP contribution in [-0.2, 0) is 12.8 Å². The van der Waals surface area contributed by atoms with E-state index < -0.39 is 0 Å². The number of ether oxygens (including phenoxy) is 2. The Morgan fingerprint density at radius 3 is 2.56 bits per heavy atom. The summed E-state index contributed by atoms with van der Waals surface area (Å²) in [5, 5.41) is 4.66. The number of benzene rings is 2. The summed E-state index contributed by atoms with van der Waals surface area (Å²) in [6.07, 6.45) is 0. The van der Waals surface area contributed by atoms with Gasteiger partial charge in [-0.3, -0.25) is 9.36 Å². The van der Waals surface area contributed by atoms with E-state index in [-0.39, 0.29) is 5.56 Å². The van der Waals surface area contributed by atoms with Crippen molar-refractivity contribution in [3.8, 4) is 33.3 Å². The summed E-state index contributed by atoms with van der Waals surface area (Å²) in [5.74, 6) is 2.45. The molecule has 0 atom stereocenters. The van der Waals surface area contributed by atoms with Crippen molar-refractivity contribution < 1.29 is 14.0 Å². The molecule has 0 aliphatic heterocycles. The molecule has 0 radical (unpaired) electrons. The Labute approximate surface area is 203 Å². The number of nitrogens with zero attached hydrogens (tertiary/aromatic N) is 4. The second-order valence-electron chi connectivity index (χ2n) is 7.32. The summed E-state index contributed by atoms with van der Waals surface area (Å²) >= 11 is 2.83. The Kier molecular flexibility index (Phi) is 6.08. The van der Waals surface area contributed by atoms with Crippen molar-refractivity contribution in [2.24, 2.45) is 7.05 Å². The van der Waals surface area contributed by atoms with Crippen molar-refractivity contribution in [3.63, 3.8) is 0 Å². The third-order valence-corrected chi connectivity index (χ3v) is 7.38. The number of methoxy groups -OCH3 is 2. The fraction of sp³-hybridized carbons (Fsp3) is 0.167. The average Bonchev–Trinajstić information content (AvgIpc) is 3.53. The molecule has 3 heterocycles. The minimum absolute atomic E-state index is 0.0729. The first-order valence-corrected chi connectivity index (χ1v) is 12.1. The minimum atomic E-state index is -0.0729. The van der Waals surface area contributed by atoms with Gasteiger partial charge in [-0.15, -0.1) is 11.3 Å². The molecule has 0 amide bonds. The van der Waals surface area contributed by atoms with Crippen LogP contribution in [0.4, 0.5) is 0 Å². The van der Waals surface area contributed by atoms with Gasteiger partial charge in [-0.2, -0.15) is 4.98 Å². The molecule has 0 N–H and O–H groups in total. The SMILES string of the molecule is COc1ccc(-c2noc(CSc3nc4cc(-c5ccccc5)sc4c(=O)n3C)n2)cc1OC. The number of thiophene rings is 1. The monoisotopic (exact) mass is 492 g/mol. The lowest BCUT2D eigenvalue weighted by Gasteiger charge is -2.07. The zero-order valence-corrected chi connectivity index (χ0v) is 20.3. The molecule has 3 aromatic heterocycles. The zero-order valence-electron chi connectivity index (χ0n) is 18.6. The van der Waals surface area contributed by atoms with E-state index >= 15 is 0 Å². The molecule has 5 aromatic rings.